The average Bonchev–Trinajstić information content (AvgIpc) is 3.09. The Bertz CT molecular complexity index is 1480. The number of benzene rings is 4. The third-order valence-corrected chi connectivity index (χ3v) is 8.90. The predicted molar refractivity (Wildman–Crippen MR) is 147 cm³/mol. The van der Waals surface area contributed by atoms with Gasteiger partial charge in [-0.15, -0.1) is 0 Å². The van der Waals surface area contributed by atoms with Crippen LogP contribution in [0, 0.1) is 0 Å². The topological polar surface area (TPSA) is 44.5 Å². The van der Waals surface area contributed by atoms with E-state index in [4.69, 9.17) is 15.0 Å². The fourth-order valence-corrected chi connectivity index (χ4v) is 6.34. The van der Waals surface area contributed by atoms with E-state index in [1.54, 1.807) is 0 Å². The quantitative estimate of drug-likeness (QED) is 0.241. The number of nitrogen functional groups attached to an aromatic ring is 1. The molecule has 2 N–H and O–H groups in total. The van der Waals surface area contributed by atoms with Crippen LogP contribution in [0.1, 0.15) is 72.9 Å². The molecular formula is C32H30BNO2. The van der Waals surface area contributed by atoms with Gasteiger partial charge in [0.2, 0.25) is 0 Å². The third-order valence-electron chi connectivity index (χ3n) is 8.90. The summed E-state index contributed by atoms with van der Waals surface area (Å²) in [7, 11) is -0.484. The lowest BCUT2D eigenvalue weighted by Gasteiger charge is -2.42. The van der Waals surface area contributed by atoms with Crippen molar-refractivity contribution in [3.63, 3.8) is 0 Å². The second-order valence-electron chi connectivity index (χ2n) is 11.4. The predicted octanol–water partition coefficient (Wildman–Crippen LogP) is 6.22. The van der Waals surface area contributed by atoms with E-state index in [9.17, 15) is 0 Å². The van der Waals surface area contributed by atoms with Crippen molar-refractivity contribution in [2.45, 2.75) is 50.7 Å². The summed E-state index contributed by atoms with van der Waals surface area (Å²) in [5.74, 6) is 0.518. The van der Waals surface area contributed by atoms with Gasteiger partial charge in [-0.3, -0.25) is 0 Å². The molecule has 4 aliphatic rings. The Morgan fingerprint density at radius 1 is 0.611 bits per heavy atom. The summed E-state index contributed by atoms with van der Waals surface area (Å²) in [4.78, 5) is 0. The zero-order valence-electron chi connectivity index (χ0n) is 21.2. The van der Waals surface area contributed by atoms with E-state index in [0.717, 1.165) is 22.3 Å². The van der Waals surface area contributed by atoms with Gasteiger partial charge in [0.1, 0.15) is 0 Å². The largest absolute Gasteiger partial charge is 0.496 e. The highest BCUT2D eigenvalue weighted by Crippen LogP contribution is 2.56. The number of hydrogen-bond acceptors (Lipinski definition) is 3. The molecule has 0 spiro atoms. The SMILES string of the molecule is CC1(C)OB(c2cccc(-c3ccc4c(c3)C3c5ccccc5C4c4ccccc43)c2N)OC1(C)C. The normalized spacial score (nSPS) is 22.2. The number of anilines is 1. The van der Waals surface area contributed by atoms with E-state index in [1.165, 1.54) is 33.4 Å². The van der Waals surface area contributed by atoms with Crippen LogP contribution in [0.5, 0.6) is 0 Å². The minimum Gasteiger partial charge on any atom is -0.399 e. The van der Waals surface area contributed by atoms with Gasteiger partial charge in [0.25, 0.3) is 0 Å². The summed E-state index contributed by atoms with van der Waals surface area (Å²) >= 11 is 0. The molecular weight excluding hydrogens is 441 g/mol. The lowest BCUT2D eigenvalue weighted by molar-refractivity contribution is 0.00578. The van der Waals surface area contributed by atoms with Gasteiger partial charge >= 0.3 is 7.12 Å². The number of rotatable bonds is 2. The summed E-state index contributed by atoms with van der Waals surface area (Å²) < 4.78 is 12.7. The Balaban J connectivity index is 1.35. The molecule has 2 bridgehead atoms. The number of hydrogen-bond donors (Lipinski definition) is 1. The van der Waals surface area contributed by atoms with Crippen molar-refractivity contribution in [2.75, 3.05) is 5.73 Å². The molecule has 8 rings (SSSR count). The van der Waals surface area contributed by atoms with Crippen LogP contribution in [0.3, 0.4) is 0 Å². The molecule has 0 atom stereocenters. The molecule has 1 heterocycles. The van der Waals surface area contributed by atoms with E-state index in [1.807, 2.05) is 6.07 Å². The molecule has 1 saturated heterocycles. The molecule has 0 unspecified atom stereocenters. The first-order chi connectivity index (χ1) is 17.3. The fourth-order valence-electron chi connectivity index (χ4n) is 6.34. The molecule has 4 aromatic rings. The van der Waals surface area contributed by atoms with Crippen LogP contribution in [-0.4, -0.2) is 18.3 Å². The third kappa shape index (κ3) is 2.89. The molecule has 178 valence electrons. The monoisotopic (exact) mass is 471 g/mol. The molecule has 3 aliphatic carbocycles. The van der Waals surface area contributed by atoms with Crippen LogP contribution < -0.4 is 11.2 Å². The van der Waals surface area contributed by atoms with Gasteiger partial charge in [-0.1, -0.05) is 78.9 Å². The molecule has 0 saturated carbocycles. The molecule has 36 heavy (non-hydrogen) atoms. The van der Waals surface area contributed by atoms with Gasteiger partial charge < -0.3 is 15.0 Å². The number of para-hydroxylation sites is 1. The van der Waals surface area contributed by atoms with Crippen LogP contribution in [0.4, 0.5) is 5.69 Å². The molecule has 0 aromatic heterocycles. The summed E-state index contributed by atoms with van der Waals surface area (Å²) in [6, 6.07) is 30.9. The first kappa shape index (κ1) is 21.9. The van der Waals surface area contributed by atoms with Crippen LogP contribution >= 0.6 is 0 Å². The maximum Gasteiger partial charge on any atom is 0.496 e. The Hall–Kier alpha value is -3.34. The van der Waals surface area contributed by atoms with E-state index < -0.39 is 18.3 Å². The van der Waals surface area contributed by atoms with Crippen LogP contribution in [0.15, 0.2) is 84.9 Å². The standard InChI is InChI=1S/C32H30BNO2/c1-31(2)32(3,4)36-33(35-31)27-15-9-14-20(30(27)34)19-16-17-25-26(18-19)29-23-12-7-5-10-21(23)28(25)22-11-6-8-13-24(22)29/h5-18,28-29H,34H2,1-4H3. The lowest BCUT2D eigenvalue weighted by Crippen LogP contribution is -2.41. The summed E-state index contributed by atoms with van der Waals surface area (Å²) in [6.07, 6.45) is 0. The highest BCUT2D eigenvalue weighted by molar-refractivity contribution is 6.64. The lowest BCUT2D eigenvalue weighted by atomic mass is 9.61. The Labute approximate surface area is 213 Å². The highest BCUT2D eigenvalue weighted by atomic mass is 16.7. The van der Waals surface area contributed by atoms with Crippen molar-refractivity contribution in [3.05, 3.63) is 118 Å². The molecule has 0 radical (unpaired) electrons. The first-order valence-corrected chi connectivity index (χ1v) is 12.8. The Morgan fingerprint density at radius 2 is 1.11 bits per heavy atom. The van der Waals surface area contributed by atoms with Gasteiger partial charge in [-0.05, 0) is 72.7 Å². The summed E-state index contributed by atoms with van der Waals surface area (Å²) in [6.45, 7) is 8.28. The second kappa shape index (κ2) is 7.35. The minimum absolute atomic E-state index is 0.241. The second-order valence-corrected chi connectivity index (χ2v) is 11.4. The molecule has 0 amide bonds. The number of nitrogens with two attached hydrogens (primary N) is 1. The van der Waals surface area contributed by atoms with E-state index in [2.05, 4.69) is 107 Å². The molecule has 3 nitrogen and oxygen atoms in total. The van der Waals surface area contributed by atoms with E-state index >= 15 is 0 Å². The molecule has 1 aliphatic heterocycles. The van der Waals surface area contributed by atoms with Gasteiger partial charge in [-0.25, -0.2) is 0 Å². The maximum absolute atomic E-state index is 6.82. The molecule has 4 heteroatoms. The van der Waals surface area contributed by atoms with Crippen molar-refractivity contribution in [3.8, 4) is 11.1 Å². The van der Waals surface area contributed by atoms with Gasteiger partial charge in [0.15, 0.2) is 0 Å². The molecule has 4 aromatic carbocycles. The van der Waals surface area contributed by atoms with Crippen molar-refractivity contribution < 1.29 is 9.31 Å². The Kier molecular flexibility index (Phi) is 4.47. The summed E-state index contributed by atoms with van der Waals surface area (Å²) in [5, 5.41) is 0. The maximum atomic E-state index is 6.82. The fraction of sp³-hybridized carbons (Fsp3) is 0.250. The van der Waals surface area contributed by atoms with Crippen molar-refractivity contribution in [1.82, 2.24) is 0 Å². The molecule has 1 fully saturated rings. The van der Waals surface area contributed by atoms with E-state index in [0.29, 0.717) is 0 Å². The first-order valence-electron chi connectivity index (χ1n) is 12.8. The zero-order chi connectivity index (χ0) is 24.8. The van der Waals surface area contributed by atoms with Gasteiger partial charge in [0, 0.05) is 28.5 Å². The van der Waals surface area contributed by atoms with Crippen molar-refractivity contribution >= 4 is 18.3 Å². The van der Waals surface area contributed by atoms with Gasteiger partial charge in [0.05, 0.1) is 11.2 Å². The van der Waals surface area contributed by atoms with Crippen LogP contribution in [0.25, 0.3) is 11.1 Å². The smallest absolute Gasteiger partial charge is 0.399 e. The zero-order valence-corrected chi connectivity index (χ0v) is 21.2. The van der Waals surface area contributed by atoms with Gasteiger partial charge in [-0.2, -0.15) is 0 Å². The average molecular weight is 471 g/mol. The minimum atomic E-state index is -0.484. The van der Waals surface area contributed by atoms with Crippen LogP contribution in [-0.2, 0) is 9.31 Å². The highest BCUT2D eigenvalue weighted by Gasteiger charge is 2.52. The summed E-state index contributed by atoms with van der Waals surface area (Å²) in [5.41, 5.74) is 18.3. The van der Waals surface area contributed by atoms with Crippen molar-refractivity contribution in [2.24, 2.45) is 0 Å². The van der Waals surface area contributed by atoms with Crippen LogP contribution in [0.2, 0.25) is 0 Å². The van der Waals surface area contributed by atoms with Crippen molar-refractivity contribution in [1.29, 1.82) is 0 Å². The van der Waals surface area contributed by atoms with E-state index in [-0.39, 0.29) is 11.8 Å². The Morgan fingerprint density at radius 3 is 1.67 bits per heavy atom.